The number of rotatable bonds is 10. The summed E-state index contributed by atoms with van der Waals surface area (Å²) in [6.07, 6.45) is 0.282. The average molecular weight is 520 g/mol. The number of hydrogen-bond acceptors (Lipinski definition) is 9. The van der Waals surface area contributed by atoms with E-state index in [9.17, 15) is 23.8 Å². The molecule has 0 aliphatic carbocycles. The van der Waals surface area contributed by atoms with Gasteiger partial charge in [0.25, 0.3) is 0 Å². The molecule has 11 heteroatoms. The molecule has 36 heavy (non-hydrogen) atoms. The first-order chi connectivity index (χ1) is 16.6. The first-order valence-electron chi connectivity index (χ1n) is 10.5. The molecular formula is C25H22NaO9P. The minimum atomic E-state index is -4.68. The Morgan fingerprint density at radius 3 is 2.08 bits per heavy atom. The average Bonchev–Trinajstić information content (AvgIpc) is 2.77. The van der Waals surface area contributed by atoms with Crippen LogP contribution in [0.1, 0.15) is 36.2 Å². The predicted molar refractivity (Wildman–Crippen MR) is 123 cm³/mol. The van der Waals surface area contributed by atoms with Crippen LogP contribution in [0.25, 0.3) is 0 Å². The van der Waals surface area contributed by atoms with Gasteiger partial charge in [-0.3, -0.25) is 14.4 Å². The van der Waals surface area contributed by atoms with Gasteiger partial charge >= 0.3 is 49.3 Å². The molecule has 0 saturated carbocycles. The second-order valence-corrected chi connectivity index (χ2v) is 8.62. The Hall–Kier alpha value is -2.94. The van der Waals surface area contributed by atoms with Crippen LogP contribution in [0.2, 0.25) is 0 Å². The van der Waals surface area contributed by atoms with E-state index >= 15 is 0 Å². The zero-order valence-corrected chi connectivity index (χ0v) is 22.9. The van der Waals surface area contributed by atoms with Crippen LogP contribution in [0.15, 0.2) is 72.8 Å². The van der Waals surface area contributed by atoms with Gasteiger partial charge in [-0.1, -0.05) is 30.3 Å². The van der Waals surface area contributed by atoms with Crippen molar-refractivity contribution in [3.8, 4) is 23.0 Å². The van der Waals surface area contributed by atoms with E-state index in [1.807, 2.05) is 0 Å². The molecule has 182 valence electrons. The van der Waals surface area contributed by atoms with Crippen molar-refractivity contribution in [3.63, 3.8) is 0 Å². The van der Waals surface area contributed by atoms with Crippen molar-refractivity contribution < 1.29 is 71.9 Å². The molecule has 0 aromatic heterocycles. The Morgan fingerprint density at radius 2 is 1.42 bits per heavy atom. The van der Waals surface area contributed by atoms with Gasteiger partial charge in [-0.25, -0.2) is 4.57 Å². The molecule has 3 aromatic carbocycles. The van der Waals surface area contributed by atoms with Crippen molar-refractivity contribution in [1.29, 1.82) is 0 Å². The molecule has 0 spiro atoms. The molecule has 0 saturated heterocycles. The molecule has 3 aromatic rings. The summed E-state index contributed by atoms with van der Waals surface area (Å²) in [6.45, 7) is 2.41. The summed E-state index contributed by atoms with van der Waals surface area (Å²) in [4.78, 5) is 47.7. The molecule has 0 amide bonds. The summed E-state index contributed by atoms with van der Waals surface area (Å²) in [7, 11) is -4.68. The smallest absolute Gasteiger partial charge is 0.736 e. The number of carbonyl (C=O) groups excluding carboxylic acids is 3. The molecule has 0 aliphatic rings. The molecular weight excluding hydrogens is 498 g/mol. The van der Waals surface area contributed by atoms with Gasteiger partial charge in [-0.05, 0) is 48.4 Å². The van der Waals surface area contributed by atoms with Gasteiger partial charge in [0.15, 0.2) is 5.78 Å². The van der Waals surface area contributed by atoms with Gasteiger partial charge in [-0.2, -0.15) is 0 Å². The van der Waals surface area contributed by atoms with E-state index in [2.05, 4.69) is 0 Å². The first kappa shape index (κ1) is 29.3. The third kappa shape index (κ3) is 9.26. The van der Waals surface area contributed by atoms with Crippen molar-refractivity contribution in [1.82, 2.24) is 0 Å². The number of para-hydroxylation sites is 1. The van der Waals surface area contributed by atoms with Crippen LogP contribution in [0.3, 0.4) is 0 Å². The van der Waals surface area contributed by atoms with Crippen LogP contribution in [-0.4, -0.2) is 17.7 Å². The van der Waals surface area contributed by atoms with Crippen molar-refractivity contribution in [2.24, 2.45) is 0 Å². The third-order valence-electron chi connectivity index (χ3n) is 4.49. The van der Waals surface area contributed by atoms with E-state index in [-0.39, 0.29) is 76.7 Å². The Balaban J connectivity index is 0.00000456. The normalized spacial score (nSPS) is 11.9. The van der Waals surface area contributed by atoms with E-state index in [1.165, 1.54) is 56.3 Å². The quantitative estimate of drug-likeness (QED) is 0.128. The van der Waals surface area contributed by atoms with E-state index < -0.39 is 19.8 Å². The molecule has 0 heterocycles. The number of phosphoric acid groups is 1. The standard InChI is InChI=1S/C25H23O9P.Na/c1-17(26)31-21-12-13-23(25(16-21)32-18(2)27)24(28)14-11-19-7-6-10-22(15-19)34-35(29,30)33-20-8-4-3-5-9-20;/h3-10,12-13,15-16H,11,14H2,1-2H3,(H,29,30);/q;+1/p-1. The van der Waals surface area contributed by atoms with E-state index in [1.54, 1.807) is 30.3 Å². The van der Waals surface area contributed by atoms with Crippen molar-refractivity contribution in [2.75, 3.05) is 0 Å². The zero-order valence-electron chi connectivity index (χ0n) is 20.0. The number of hydrogen-bond donors (Lipinski definition) is 0. The summed E-state index contributed by atoms with van der Waals surface area (Å²) >= 11 is 0. The number of phosphoric ester groups is 1. The Kier molecular flexibility index (Phi) is 10.9. The third-order valence-corrected chi connectivity index (χ3v) is 5.35. The number of ketones is 1. The molecule has 0 bridgehead atoms. The second kappa shape index (κ2) is 13.4. The van der Waals surface area contributed by atoms with Crippen molar-refractivity contribution in [3.05, 3.63) is 83.9 Å². The first-order valence-corrected chi connectivity index (χ1v) is 12.0. The minimum absolute atomic E-state index is 0. The topological polar surface area (TPSA) is 128 Å². The fourth-order valence-corrected chi connectivity index (χ4v) is 3.90. The number of benzene rings is 3. The Morgan fingerprint density at radius 1 is 0.778 bits per heavy atom. The van der Waals surface area contributed by atoms with Crippen LogP contribution in [0.4, 0.5) is 0 Å². The number of aryl methyl sites for hydroxylation is 1. The monoisotopic (exact) mass is 520 g/mol. The molecule has 0 fully saturated rings. The maximum Gasteiger partial charge on any atom is 1.00 e. The van der Waals surface area contributed by atoms with Crippen LogP contribution >= 0.6 is 7.82 Å². The largest absolute Gasteiger partial charge is 1.00 e. The van der Waals surface area contributed by atoms with Gasteiger partial charge in [-0.15, -0.1) is 0 Å². The molecule has 3 rings (SSSR count). The van der Waals surface area contributed by atoms with Crippen molar-refractivity contribution in [2.45, 2.75) is 26.7 Å². The maximum atomic E-state index is 12.8. The summed E-state index contributed by atoms with van der Waals surface area (Å²) in [5, 5.41) is 0. The van der Waals surface area contributed by atoms with Gasteiger partial charge < -0.3 is 23.4 Å². The van der Waals surface area contributed by atoms with Gasteiger partial charge in [0.05, 0.1) is 5.56 Å². The van der Waals surface area contributed by atoms with E-state index in [0.717, 1.165) is 0 Å². The SMILES string of the molecule is CC(=O)Oc1ccc(C(=O)CCc2cccc(OP(=O)([O-])Oc3ccccc3)c2)c(OC(C)=O)c1.[Na+]. The Bertz CT molecular complexity index is 1280. The predicted octanol–water partition coefficient (Wildman–Crippen LogP) is 1.28. The van der Waals surface area contributed by atoms with Crippen LogP contribution in [0.5, 0.6) is 23.0 Å². The maximum absolute atomic E-state index is 12.8. The van der Waals surface area contributed by atoms with Crippen LogP contribution < -0.4 is 53.0 Å². The van der Waals surface area contributed by atoms with Gasteiger partial charge in [0.1, 0.15) is 23.0 Å². The summed E-state index contributed by atoms with van der Waals surface area (Å²) < 4.78 is 32.3. The molecule has 0 radical (unpaired) electrons. The fourth-order valence-electron chi connectivity index (χ4n) is 3.11. The Labute approximate surface area is 230 Å². The molecule has 0 aliphatic heterocycles. The number of ether oxygens (including phenoxy) is 2. The number of carbonyl (C=O) groups is 3. The molecule has 1 atom stereocenters. The zero-order chi connectivity index (χ0) is 25.4. The van der Waals surface area contributed by atoms with Crippen LogP contribution in [0, 0.1) is 0 Å². The molecule has 9 nitrogen and oxygen atoms in total. The summed E-state index contributed by atoms with van der Waals surface area (Å²) in [6, 6.07) is 18.3. The minimum Gasteiger partial charge on any atom is -0.736 e. The summed E-state index contributed by atoms with van der Waals surface area (Å²) in [5.74, 6) is -1.26. The second-order valence-electron chi connectivity index (χ2n) is 7.36. The molecule has 0 N–H and O–H groups in total. The van der Waals surface area contributed by atoms with Crippen LogP contribution in [-0.2, 0) is 20.6 Å². The molecule has 1 unspecified atom stereocenters. The number of Topliss-reactive ketones (excluding diaryl/α,β-unsaturated/α-hetero) is 1. The van der Waals surface area contributed by atoms with Crippen molar-refractivity contribution >= 4 is 25.5 Å². The number of esters is 2. The van der Waals surface area contributed by atoms with Gasteiger partial charge in [0, 0.05) is 26.3 Å². The summed E-state index contributed by atoms with van der Waals surface area (Å²) in [5.41, 5.74) is 0.782. The fraction of sp³-hybridized carbons (Fsp3) is 0.160. The van der Waals surface area contributed by atoms with E-state index in [0.29, 0.717) is 5.56 Å². The van der Waals surface area contributed by atoms with Gasteiger partial charge in [0.2, 0.25) is 0 Å². The van der Waals surface area contributed by atoms with E-state index in [4.69, 9.17) is 18.5 Å².